The quantitative estimate of drug-likeness (QED) is 0.856. The van der Waals surface area contributed by atoms with Crippen LogP contribution in [0.25, 0.3) is 0 Å². The zero-order valence-electron chi connectivity index (χ0n) is 12.1. The lowest BCUT2D eigenvalue weighted by Gasteiger charge is -2.36. The molecule has 1 unspecified atom stereocenters. The van der Waals surface area contributed by atoms with Gasteiger partial charge in [0.2, 0.25) is 0 Å². The number of hydrogen-bond donors (Lipinski definition) is 2. The number of aliphatic hydroxyl groups is 1. The molecule has 3 nitrogen and oxygen atoms in total. The van der Waals surface area contributed by atoms with Crippen molar-refractivity contribution in [3.8, 4) is 0 Å². The summed E-state index contributed by atoms with van der Waals surface area (Å²) in [5, 5.41) is 9.86. The smallest absolute Gasteiger partial charge is 0.0493 e. The molecule has 3 heteroatoms. The lowest BCUT2D eigenvalue weighted by molar-refractivity contribution is 0.103. The van der Waals surface area contributed by atoms with Crippen LogP contribution in [0.2, 0.25) is 0 Å². The van der Waals surface area contributed by atoms with Crippen LogP contribution >= 0.6 is 0 Å². The Hall–Kier alpha value is -1.06. The highest BCUT2D eigenvalue weighted by Crippen LogP contribution is 2.48. The molecule has 0 bridgehead atoms. The second-order valence-electron chi connectivity index (χ2n) is 6.00. The minimum absolute atomic E-state index is 0.00832. The largest absolute Gasteiger partial charge is 0.396 e. The molecule has 0 aliphatic heterocycles. The van der Waals surface area contributed by atoms with Gasteiger partial charge in [0, 0.05) is 37.7 Å². The molecule has 0 amide bonds. The highest BCUT2D eigenvalue weighted by molar-refractivity contribution is 5.47. The molecule has 1 aromatic carbocycles. The molecule has 1 fully saturated rings. The van der Waals surface area contributed by atoms with Crippen LogP contribution in [-0.4, -0.2) is 32.4 Å². The average molecular weight is 262 g/mol. The van der Waals surface area contributed by atoms with E-state index in [0.717, 1.165) is 12.8 Å². The third-order valence-electron chi connectivity index (χ3n) is 4.70. The van der Waals surface area contributed by atoms with Gasteiger partial charge < -0.3 is 15.7 Å². The number of rotatable bonds is 5. The minimum atomic E-state index is 0.00832. The summed E-state index contributed by atoms with van der Waals surface area (Å²) >= 11 is 0. The predicted octanol–water partition coefficient (Wildman–Crippen LogP) is 2.35. The van der Waals surface area contributed by atoms with Crippen molar-refractivity contribution in [2.45, 2.75) is 31.6 Å². The number of nitrogens with zero attached hydrogens (tertiary/aromatic N) is 1. The van der Waals surface area contributed by atoms with Crippen LogP contribution in [0.4, 0.5) is 5.69 Å². The molecule has 0 saturated heterocycles. The lowest BCUT2D eigenvalue weighted by atomic mass is 9.71. The average Bonchev–Trinajstić information content (AvgIpc) is 2.90. The Kier molecular flexibility index (Phi) is 4.48. The van der Waals surface area contributed by atoms with E-state index in [9.17, 15) is 5.11 Å². The Bertz CT molecular complexity index is 394. The van der Waals surface area contributed by atoms with Gasteiger partial charge in [0.15, 0.2) is 0 Å². The number of nitrogens with two attached hydrogens (primary N) is 1. The Morgan fingerprint density at radius 3 is 2.21 bits per heavy atom. The molecular weight excluding hydrogens is 236 g/mol. The van der Waals surface area contributed by atoms with Gasteiger partial charge in [-0.1, -0.05) is 25.0 Å². The van der Waals surface area contributed by atoms with Gasteiger partial charge in [-0.15, -0.1) is 0 Å². The summed E-state index contributed by atoms with van der Waals surface area (Å²) in [6.45, 7) is 0.867. The van der Waals surface area contributed by atoms with Crippen molar-refractivity contribution in [3.05, 3.63) is 29.8 Å². The molecular formula is C16H26N2O. The molecule has 1 saturated carbocycles. The Labute approximate surface area is 116 Å². The van der Waals surface area contributed by atoms with Crippen molar-refractivity contribution in [1.29, 1.82) is 0 Å². The summed E-state index contributed by atoms with van der Waals surface area (Å²) in [7, 11) is 4.09. The zero-order chi connectivity index (χ0) is 13.9. The molecule has 106 valence electrons. The number of aliphatic hydroxyl groups excluding tert-OH is 1. The standard InChI is InChI=1S/C16H26N2O/c1-18(2)14-7-5-13(6-8-14)15(11-17)16(12-19)9-3-4-10-16/h5-8,15,19H,3-4,9-12,17H2,1-2H3. The van der Waals surface area contributed by atoms with Gasteiger partial charge in [-0.3, -0.25) is 0 Å². The summed E-state index contributed by atoms with van der Waals surface area (Å²) in [5.41, 5.74) is 8.50. The normalized spacial score (nSPS) is 19.4. The van der Waals surface area contributed by atoms with E-state index >= 15 is 0 Å². The maximum absolute atomic E-state index is 9.86. The van der Waals surface area contributed by atoms with E-state index in [1.165, 1.54) is 24.1 Å². The van der Waals surface area contributed by atoms with Gasteiger partial charge in [-0.25, -0.2) is 0 Å². The van der Waals surface area contributed by atoms with Crippen molar-refractivity contribution < 1.29 is 5.11 Å². The Balaban J connectivity index is 2.26. The highest BCUT2D eigenvalue weighted by atomic mass is 16.3. The van der Waals surface area contributed by atoms with E-state index in [4.69, 9.17) is 5.73 Å². The second-order valence-corrected chi connectivity index (χ2v) is 6.00. The van der Waals surface area contributed by atoms with Gasteiger partial charge in [0.1, 0.15) is 0 Å². The first-order valence-corrected chi connectivity index (χ1v) is 7.21. The molecule has 0 aromatic heterocycles. The van der Waals surface area contributed by atoms with Gasteiger partial charge in [0.25, 0.3) is 0 Å². The van der Waals surface area contributed by atoms with Crippen molar-refractivity contribution >= 4 is 5.69 Å². The molecule has 1 atom stereocenters. The van der Waals surface area contributed by atoms with Crippen LogP contribution < -0.4 is 10.6 Å². The fourth-order valence-electron chi connectivity index (χ4n) is 3.44. The minimum Gasteiger partial charge on any atom is -0.396 e. The van der Waals surface area contributed by atoms with E-state index in [1.807, 2.05) is 14.1 Å². The van der Waals surface area contributed by atoms with Crippen LogP contribution in [0.1, 0.15) is 37.2 Å². The van der Waals surface area contributed by atoms with E-state index in [2.05, 4.69) is 29.2 Å². The van der Waals surface area contributed by atoms with Crippen molar-refractivity contribution in [2.24, 2.45) is 11.1 Å². The number of hydrogen-bond acceptors (Lipinski definition) is 3. The van der Waals surface area contributed by atoms with Crippen LogP contribution in [0.3, 0.4) is 0 Å². The maximum Gasteiger partial charge on any atom is 0.0493 e. The van der Waals surface area contributed by atoms with Crippen LogP contribution in [0, 0.1) is 5.41 Å². The first-order chi connectivity index (χ1) is 9.13. The highest BCUT2D eigenvalue weighted by Gasteiger charge is 2.40. The first-order valence-electron chi connectivity index (χ1n) is 7.21. The lowest BCUT2D eigenvalue weighted by Crippen LogP contribution is -2.34. The van der Waals surface area contributed by atoms with Crippen LogP contribution in [0.15, 0.2) is 24.3 Å². The monoisotopic (exact) mass is 262 g/mol. The topological polar surface area (TPSA) is 49.5 Å². The summed E-state index contributed by atoms with van der Waals surface area (Å²) in [5.74, 6) is 0.274. The zero-order valence-corrected chi connectivity index (χ0v) is 12.1. The summed E-state index contributed by atoms with van der Waals surface area (Å²) in [4.78, 5) is 2.10. The van der Waals surface area contributed by atoms with Crippen LogP contribution in [0.5, 0.6) is 0 Å². The maximum atomic E-state index is 9.86. The van der Waals surface area contributed by atoms with Gasteiger partial charge >= 0.3 is 0 Å². The fraction of sp³-hybridized carbons (Fsp3) is 0.625. The summed E-state index contributed by atoms with van der Waals surface area (Å²) < 4.78 is 0. The molecule has 19 heavy (non-hydrogen) atoms. The molecule has 1 aromatic rings. The van der Waals surface area contributed by atoms with E-state index in [-0.39, 0.29) is 17.9 Å². The molecule has 2 rings (SSSR count). The molecule has 0 spiro atoms. The number of benzene rings is 1. The molecule has 1 aliphatic rings. The van der Waals surface area contributed by atoms with Gasteiger partial charge in [-0.2, -0.15) is 0 Å². The van der Waals surface area contributed by atoms with E-state index in [1.54, 1.807) is 0 Å². The van der Waals surface area contributed by atoms with Gasteiger partial charge in [-0.05, 0) is 37.1 Å². The van der Waals surface area contributed by atoms with Crippen LogP contribution in [-0.2, 0) is 0 Å². The van der Waals surface area contributed by atoms with Crippen molar-refractivity contribution in [1.82, 2.24) is 0 Å². The van der Waals surface area contributed by atoms with Gasteiger partial charge in [0.05, 0.1) is 0 Å². The number of anilines is 1. The third-order valence-corrected chi connectivity index (χ3v) is 4.70. The molecule has 1 aliphatic carbocycles. The Morgan fingerprint density at radius 2 is 1.79 bits per heavy atom. The Morgan fingerprint density at radius 1 is 1.21 bits per heavy atom. The summed E-state index contributed by atoms with van der Waals surface area (Å²) in [6.07, 6.45) is 4.63. The molecule has 3 N–H and O–H groups in total. The first kappa shape index (κ1) is 14.4. The second kappa shape index (κ2) is 5.93. The molecule has 0 radical (unpaired) electrons. The molecule has 0 heterocycles. The fourth-order valence-corrected chi connectivity index (χ4v) is 3.44. The van der Waals surface area contributed by atoms with E-state index in [0.29, 0.717) is 6.54 Å². The summed E-state index contributed by atoms with van der Waals surface area (Å²) in [6, 6.07) is 8.61. The van der Waals surface area contributed by atoms with E-state index < -0.39 is 0 Å². The van der Waals surface area contributed by atoms with Crippen molar-refractivity contribution in [2.75, 3.05) is 32.1 Å². The third kappa shape index (κ3) is 2.77. The predicted molar refractivity (Wildman–Crippen MR) is 80.6 cm³/mol. The van der Waals surface area contributed by atoms with Crippen molar-refractivity contribution in [3.63, 3.8) is 0 Å². The SMILES string of the molecule is CN(C)c1ccc(C(CN)C2(CO)CCCC2)cc1.